The molecule has 0 atom stereocenters. The first-order chi connectivity index (χ1) is 13.0. The highest BCUT2D eigenvalue weighted by atomic mass is 16.6. The molecule has 0 unspecified atom stereocenters. The van der Waals surface area contributed by atoms with Crippen LogP contribution in [-0.2, 0) is 20.7 Å². The van der Waals surface area contributed by atoms with E-state index in [1.165, 1.54) is 5.56 Å². The fourth-order valence-corrected chi connectivity index (χ4v) is 3.00. The van der Waals surface area contributed by atoms with Gasteiger partial charge in [-0.25, -0.2) is 4.79 Å². The minimum absolute atomic E-state index is 0.120. The van der Waals surface area contributed by atoms with Crippen molar-refractivity contribution < 1.29 is 19.1 Å². The molecule has 1 aliphatic rings. The van der Waals surface area contributed by atoms with Gasteiger partial charge in [0.05, 0.1) is 6.61 Å². The van der Waals surface area contributed by atoms with Gasteiger partial charge in [-0.3, -0.25) is 9.59 Å². The largest absolute Gasteiger partial charge is 0.450 e. The molecule has 0 aromatic heterocycles. The SMILES string of the molecule is CCCCc1ccc(NC(=O)C(=O)NC2CCN(C(=O)OCC)CC2)cc1. The fourth-order valence-electron chi connectivity index (χ4n) is 3.00. The maximum atomic E-state index is 12.1. The first kappa shape index (κ1) is 20.7. The van der Waals surface area contributed by atoms with Crippen LogP contribution >= 0.6 is 0 Å². The van der Waals surface area contributed by atoms with Crippen LogP contribution in [0.1, 0.15) is 45.1 Å². The van der Waals surface area contributed by atoms with Crippen LogP contribution in [-0.4, -0.2) is 48.5 Å². The quantitative estimate of drug-likeness (QED) is 0.749. The third kappa shape index (κ3) is 6.58. The van der Waals surface area contributed by atoms with Crippen molar-refractivity contribution in [3.8, 4) is 0 Å². The highest BCUT2D eigenvalue weighted by Crippen LogP contribution is 2.13. The Bertz CT molecular complexity index is 637. The molecule has 1 fully saturated rings. The summed E-state index contributed by atoms with van der Waals surface area (Å²) in [5.74, 6) is -1.33. The zero-order valence-corrected chi connectivity index (χ0v) is 16.1. The van der Waals surface area contributed by atoms with E-state index in [1.54, 1.807) is 11.8 Å². The third-order valence-electron chi connectivity index (χ3n) is 4.59. The zero-order chi connectivity index (χ0) is 19.6. The molecule has 1 aliphatic heterocycles. The van der Waals surface area contributed by atoms with Crippen molar-refractivity contribution in [2.24, 2.45) is 0 Å². The molecule has 27 heavy (non-hydrogen) atoms. The standard InChI is InChI=1S/C20H29N3O4/c1-3-5-6-15-7-9-16(10-8-15)21-18(24)19(25)22-17-11-13-23(14-12-17)20(26)27-4-2/h7-10,17H,3-6,11-14H2,1-2H3,(H,21,24)(H,22,25). The Morgan fingerprint density at radius 2 is 1.74 bits per heavy atom. The minimum atomic E-state index is -0.677. The molecule has 7 nitrogen and oxygen atoms in total. The summed E-state index contributed by atoms with van der Waals surface area (Å²) in [5.41, 5.74) is 1.82. The summed E-state index contributed by atoms with van der Waals surface area (Å²) in [7, 11) is 0. The minimum Gasteiger partial charge on any atom is -0.450 e. The number of nitrogens with zero attached hydrogens (tertiary/aromatic N) is 1. The molecule has 7 heteroatoms. The van der Waals surface area contributed by atoms with E-state index in [9.17, 15) is 14.4 Å². The Morgan fingerprint density at radius 1 is 1.07 bits per heavy atom. The Morgan fingerprint density at radius 3 is 2.33 bits per heavy atom. The number of aryl methyl sites for hydroxylation is 1. The molecule has 1 heterocycles. The van der Waals surface area contributed by atoms with Crippen LogP contribution in [0.4, 0.5) is 10.5 Å². The number of hydrogen-bond acceptors (Lipinski definition) is 4. The van der Waals surface area contributed by atoms with E-state index in [1.807, 2.05) is 24.3 Å². The number of likely N-dealkylation sites (tertiary alicyclic amines) is 1. The van der Waals surface area contributed by atoms with Crippen LogP contribution in [0.15, 0.2) is 24.3 Å². The van der Waals surface area contributed by atoms with Gasteiger partial charge in [-0.2, -0.15) is 0 Å². The van der Waals surface area contributed by atoms with E-state index in [4.69, 9.17) is 4.74 Å². The number of ether oxygens (including phenoxy) is 1. The van der Waals surface area contributed by atoms with Gasteiger partial charge in [0, 0.05) is 24.8 Å². The average molecular weight is 375 g/mol. The molecule has 2 N–H and O–H groups in total. The van der Waals surface area contributed by atoms with Crippen molar-refractivity contribution in [3.05, 3.63) is 29.8 Å². The van der Waals surface area contributed by atoms with Crippen LogP contribution in [0.25, 0.3) is 0 Å². The van der Waals surface area contributed by atoms with Crippen molar-refractivity contribution in [2.45, 2.75) is 52.0 Å². The topological polar surface area (TPSA) is 87.7 Å². The monoisotopic (exact) mass is 375 g/mol. The second-order valence-electron chi connectivity index (χ2n) is 6.69. The Balaban J connectivity index is 1.76. The Labute approximate surface area is 160 Å². The first-order valence-corrected chi connectivity index (χ1v) is 9.66. The molecule has 0 spiro atoms. The summed E-state index contributed by atoms with van der Waals surface area (Å²) < 4.78 is 4.97. The number of nitrogens with one attached hydrogen (secondary N) is 2. The van der Waals surface area contributed by atoms with Crippen molar-refractivity contribution in [3.63, 3.8) is 0 Å². The molecule has 1 aromatic rings. The van der Waals surface area contributed by atoms with E-state index >= 15 is 0 Å². The summed E-state index contributed by atoms with van der Waals surface area (Å²) in [6, 6.07) is 7.44. The molecular formula is C20H29N3O4. The van der Waals surface area contributed by atoms with Gasteiger partial charge < -0.3 is 20.3 Å². The van der Waals surface area contributed by atoms with Crippen LogP contribution in [0.5, 0.6) is 0 Å². The van der Waals surface area contributed by atoms with E-state index < -0.39 is 11.8 Å². The van der Waals surface area contributed by atoms with Crippen molar-refractivity contribution >= 4 is 23.6 Å². The second-order valence-corrected chi connectivity index (χ2v) is 6.69. The van der Waals surface area contributed by atoms with Crippen molar-refractivity contribution in [1.82, 2.24) is 10.2 Å². The van der Waals surface area contributed by atoms with Gasteiger partial charge in [0.1, 0.15) is 0 Å². The number of amides is 3. The lowest BCUT2D eigenvalue weighted by Crippen LogP contribution is -2.49. The Hall–Kier alpha value is -2.57. The first-order valence-electron chi connectivity index (χ1n) is 9.66. The molecule has 1 aromatic carbocycles. The van der Waals surface area contributed by atoms with Gasteiger partial charge in [-0.05, 0) is 50.3 Å². The molecule has 3 amide bonds. The normalized spacial score (nSPS) is 14.5. The molecule has 0 aliphatic carbocycles. The van der Waals surface area contributed by atoms with Gasteiger partial charge in [-0.15, -0.1) is 0 Å². The highest BCUT2D eigenvalue weighted by Gasteiger charge is 2.26. The number of hydrogen-bond donors (Lipinski definition) is 2. The van der Waals surface area contributed by atoms with Crippen LogP contribution in [0, 0.1) is 0 Å². The van der Waals surface area contributed by atoms with Crippen LogP contribution in [0.2, 0.25) is 0 Å². The van der Waals surface area contributed by atoms with E-state index in [0.29, 0.717) is 38.2 Å². The van der Waals surface area contributed by atoms with Gasteiger partial charge in [-0.1, -0.05) is 25.5 Å². The van der Waals surface area contributed by atoms with Crippen LogP contribution in [0.3, 0.4) is 0 Å². The molecule has 148 valence electrons. The summed E-state index contributed by atoms with van der Waals surface area (Å²) in [5, 5.41) is 5.36. The fraction of sp³-hybridized carbons (Fsp3) is 0.550. The number of benzene rings is 1. The lowest BCUT2D eigenvalue weighted by atomic mass is 10.1. The van der Waals surface area contributed by atoms with E-state index in [0.717, 1.165) is 19.3 Å². The lowest BCUT2D eigenvalue weighted by Gasteiger charge is -2.31. The van der Waals surface area contributed by atoms with Gasteiger partial charge in [0.25, 0.3) is 0 Å². The van der Waals surface area contributed by atoms with E-state index in [2.05, 4.69) is 17.6 Å². The number of unbranched alkanes of at least 4 members (excludes halogenated alkanes) is 1. The second kappa shape index (κ2) is 10.5. The predicted octanol–water partition coefficient (Wildman–Crippen LogP) is 2.70. The number of rotatable bonds is 6. The molecule has 0 saturated carbocycles. The number of carbonyl (C=O) groups excluding carboxylic acids is 3. The number of carbonyl (C=O) groups is 3. The van der Waals surface area contributed by atoms with Crippen molar-refractivity contribution in [2.75, 3.05) is 25.0 Å². The molecule has 2 rings (SSSR count). The number of anilines is 1. The Kier molecular flexibility index (Phi) is 8.10. The van der Waals surface area contributed by atoms with Gasteiger partial charge in [0.15, 0.2) is 0 Å². The molecular weight excluding hydrogens is 346 g/mol. The summed E-state index contributed by atoms with van der Waals surface area (Å²) in [6.45, 7) is 5.26. The highest BCUT2D eigenvalue weighted by molar-refractivity contribution is 6.39. The molecule has 0 radical (unpaired) electrons. The van der Waals surface area contributed by atoms with Crippen LogP contribution < -0.4 is 10.6 Å². The predicted molar refractivity (Wildman–Crippen MR) is 103 cm³/mol. The maximum Gasteiger partial charge on any atom is 0.409 e. The molecule has 0 bridgehead atoms. The van der Waals surface area contributed by atoms with Gasteiger partial charge in [0.2, 0.25) is 0 Å². The molecule has 1 saturated heterocycles. The number of piperidine rings is 1. The lowest BCUT2D eigenvalue weighted by molar-refractivity contribution is -0.136. The summed E-state index contributed by atoms with van der Waals surface area (Å²) in [6.07, 6.45) is 4.15. The van der Waals surface area contributed by atoms with Crippen molar-refractivity contribution in [1.29, 1.82) is 0 Å². The summed E-state index contributed by atoms with van der Waals surface area (Å²) in [4.78, 5) is 37.5. The smallest absolute Gasteiger partial charge is 0.409 e. The zero-order valence-electron chi connectivity index (χ0n) is 16.1. The van der Waals surface area contributed by atoms with E-state index in [-0.39, 0.29) is 12.1 Å². The third-order valence-corrected chi connectivity index (χ3v) is 4.59. The maximum absolute atomic E-state index is 12.1. The summed E-state index contributed by atoms with van der Waals surface area (Å²) >= 11 is 0. The average Bonchev–Trinajstić information content (AvgIpc) is 2.68. The van der Waals surface area contributed by atoms with Gasteiger partial charge >= 0.3 is 17.9 Å².